The minimum atomic E-state index is 1.09. The van der Waals surface area contributed by atoms with Gasteiger partial charge in [0.1, 0.15) is 0 Å². The summed E-state index contributed by atoms with van der Waals surface area (Å²) in [6.07, 6.45) is 6.12. The summed E-state index contributed by atoms with van der Waals surface area (Å²) in [4.78, 5) is 0. The second-order valence-corrected chi connectivity index (χ2v) is 15.4. The van der Waals surface area contributed by atoms with Gasteiger partial charge >= 0.3 is 0 Å². The lowest BCUT2D eigenvalue weighted by Gasteiger charge is -2.16. The highest BCUT2D eigenvalue weighted by Gasteiger charge is 2.27. The highest BCUT2D eigenvalue weighted by atomic mass is 15.1. The fraction of sp³-hybridized carbons (Fsp3) is 0.0175. The van der Waals surface area contributed by atoms with E-state index in [2.05, 4.69) is 240 Å². The highest BCUT2D eigenvalue weighted by Crippen LogP contribution is 2.47. The molecule has 0 aliphatic rings. The molecule has 3 nitrogen and oxygen atoms in total. The molecule has 0 radical (unpaired) electrons. The van der Waals surface area contributed by atoms with Crippen molar-refractivity contribution >= 4 is 49.7 Å². The first-order valence-electron chi connectivity index (χ1n) is 20.6. The van der Waals surface area contributed by atoms with Crippen molar-refractivity contribution < 1.29 is 0 Å². The van der Waals surface area contributed by atoms with E-state index in [1.807, 2.05) is 6.08 Å². The number of para-hydroxylation sites is 2. The van der Waals surface area contributed by atoms with Crippen molar-refractivity contribution in [2.24, 2.45) is 0 Å². The Morgan fingerprint density at radius 1 is 0.400 bits per heavy atom. The zero-order valence-electron chi connectivity index (χ0n) is 33.3. The maximum atomic E-state index is 4.05. The lowest BCUT2D eigenvalue weighted by atomic mass is 9.97. The molecule has 3 aromatic heterocycles. The van der Waals surface area contributed by atoms with E-state index < -0.39 is 0 Å². The van der Waals surface area contributed by atoms with Crippen LogP contribution in [-0.4, -0.2) is 13.7 Å². The van der Waals surface area contributed by atoms with Crippen LogP contribution in [0, 0.1) is 6.92 Å². The van der Waals surface area contributed by atoms with Crippen molar-refractivity contribution in [3.63, 3.8) is 0 Å². The first-order valence-corrected chi connectivity index (χ1v) is 20.6. The van der Waals surface area contributed by atoms with Gasteiger partial charge in [-0.05, 0) is 77.7 Å². The summed E-state index contributed by atoms with van der Waals surface area (Å²) in [7, 11) is 0. The fourth-order valence-electron chi connectivity index (χ4n) is 9.42. The number of allylic oxidation sites excluding steroid dienone is 2. The third kappa shape index (κ3) is 5.59. The Labute approximate surface area is 349 Å². The third-order valence-corrected chi connectivity index (χ3v) is 12.0. The summed E-state index contributed by atoms with van der Waals surface area (Å²) in [6.45, 7) is 6.30. The van der Waals surface area contributed by atoms with Crippen LogP contribution >= 0.6 is 0 Å². The van der Waals surface area contributed by atoms with Crippen molar-refractivity contribution in [2.45, 2.75) is 6.92 Å². The highest BCUT2D eigenvalue weighted by molar-refractivity contribution is 6.17. The molecule has 3 heteroatoms. The number of hydrogen-bond acceptors (Lipinski definition) is 0. The number of hydrogen-bond donors (Lipinski definition) is 0. The van der Waals surface area contributed by atoms with Crippen molar-refractivity contribution in [1.29, 1.82) is 0 Å². The maximum Gasteiger partial charge on any atom is 0.0789 e. The molecule has 60 heavy (non-hydrogen) atoms. The second kappa shape index (κ2) is 14.5. The minimum absolute atomic E-state index is 1.09. The van der Waals surface area contributed by atoms with Gasteiger partial charge in [0, 0.05) is 55.4 Å². The summed E-state index contributed by atoms with van der Waals surface area (Å²) in [5.41, 5.74) is 17.5. The Bertz CT molecular complexity index is 3420. The van der Waals surface area contributed by atoms with E-state index in [4.69, 9.17) is 0 Å². The number of benzene rings is 8. The van der Waals surface area contributed by atoms with Gasteiger partial charge in [-0.15, -0.1) is 0 Å². The van der Waals surface area contributed by atoms with Crippen LogP contribution in [0.2, 0.25) is 0 Å². The summed E-state index contributed by atoms with van der Waals surface area (Å²) < 4.78 is 7.40. The normalized spacial score (nSPS) is 11.8. The zero-order valence-corrected chi connectivity index (χ0v) is 33.3. The van der Waals surface area contributed by atoms with Gasteiger partial charge in [0.05, 0.1) is 27.8 Å². The monoisotopic (exact) mass is 767 g/mol. The molecule has 0 atom stereocenters. The first-order chi connectivity index (χ1) is 29.7. The number of fused-ring (bicyclic) bond motifs is 6. The third-order valence-electron chi connectivity index (χ3n) is 12.0. The van der Waals surface area contributed by atoms with E-state index >= 15 is 0 Å². The van der Waals surface area contributed by atoms with Gasteiger partial charge in [0.2, 0.25) is 0 Å². The molecule has 0 fully saturated rings. The van der Waals surface area contributed by atoms with Crippen molar-refractivity contribution in [1.82, 2.24) is 13.7 Å². The van der Waals surface area contributed by atoms with Gasteiger partial charge in [0.15, 0.2) is 0 Å². The van der Waals surface area contributed by atoms with Crippen molar-refractivity contribution in [3.05, 3.63) is 230 Å². The number of nitrogens with zero attached hydrogens (tertiary/aromatic N) is 3. The predicted octanol–water partition coefficient (Wildman–Crippen LogP) is 15.2. The average Bonchev–Trinajstić information content (AvgIpc) is 3.94. The van der Waals surface area contributed by atoms with Crippen LogP contribution in [0.5, 0.6) is 0 Å². The second-order valence-electron chi connectivity index (χ2n) is 15.4. The van der Waals surface area contributed by atoms with E-state index in [0.29, 0.717) is 0 Å². The largest absolute Gasteiger partial charge is 0.311 e. The minimum Gasteiger partial charge on any atom is -0.311 e. The van der Waals surface area contributed by atoms with Gasteiger partial charge in [-0.25, -0.2) is 0 Å². The Balaban J connectivity index is 1.24. The average molecular weight is 768 g/mol. The number of rotatable bonds is 8. The maximum absolute atomic E-state index is 4.05. The van der Waals surface area contributed by atoms with E-state index in [0.717, 1.165) is 45.0 Å². The summed E-state index contributed by atoms with van der Waals surface area (Å²) in [5.74, 6) is 0. The predicted molar refractivity (Wildman–Crippen MR) is 255 cm³/mol. The van der Waals surface area contributed by atoms with Gasteiger partial charge in [-0.1, -0.05) is 176 Å². The van der Waals surface area contributed by atoms with E-state index in [1.54, 1.807) is 0 Å². The zero-order chi connectivity index (χ0) is 40.2. The SMILES string of the molecule is C=C/C=C\c1c(C)n(-c2cccc(-n3c4ccccc4c4cc(-c5ccccc5)ccc43)c2)c2c1ccc1c(-c3ccccc3)c(-c3ccccc3)n(-c3ccccc3)c12. The van der Waals surface area contributed by atoms with Gasteiger partial charge in [0.25, 0.3) is 0 Å². The molecule has 3 heterocycles. The first kappa shape index (κ1) is 35.3. The van der Waals surface area contributed by atoms with Crippen molar-refractivity contribution in [2.75, 3.05) is 0 Å². The van der Waals surface area contributed by atoms with E-state index in [9.17, 15) is 0 Å². The molecule has 11 aromatic rings. The van der Waals surface area contributed by atoms with Crippen LogP contribution in [0.15, 0.2) is 219 Å². The van der Waals surface area contributed by atoms with E-state index in [1.165, 1.54) is 60.4 Å². The topological polar surface area (TPSA) is 14.8 Å². The Morgan fingerprint density at radius 3 is 1.68 bits per heavy atom. The molecule has 0 unspecified atom stereocenters. The molecule has 0 aliphatic carbocycles. The van der Waals surface area contributed by atoms with Crippen molar-refractivity contribution in [3.8, 4) is 50.6 Å². The molecular formula is C57H41N3. The summed E-state index contributed by atoms with van der Waals surface area (Å²) in [5, 5.41) is 4.85. The van der Waals surface area contributed by atoms with Gasteiger partial charge < -0.3 is 13.7 Å². The molecule has 0 amide bonds. The molecule has 0 saturated carbocycles. The molecule has 0 saturated heterocycles. The lowest BCUT2D eigenvalue weighted by molar-refractivity contribution is 1.04. The molecule has 284 valence electrons. The molecule has 8 aromatic carbocycles. The molecular weight excluding hydrogens is 727 g/mol. The quantitative estimate of drug-likeness (QED) is 0.137. The molecule has 11 rings (SSSR count). The Hall–Kier alpha value is -7.88. The molecule has 0 N–H and O–H groups in total. The summed E-state index contributed by atoms with van der Waals surface area (Å²) in [6, 6.07) is 72.5. The van der Waals surface area contributed by atoms with Crippen LogP contribution in [0.1, 0.15) is 11.3 Å². The lowest BCUT2D eigenvalue weighted by Crippen LogP contribution is -2.02. The fourth-order valence-corrected chi connectivity index (χ4v) is 9.42. The Kier molecular flexibility index (Phi) is 8.53. The molecule has 0 bridgehead atoms. The number of aromatic nitrogens is 3. The van der Waals surface area contributed by atoms with Crippen LogP contribution in [0.3, 0.4) is 0 Å². The van der Waals surface area contributed by atoms with E-state index in [-0.39, 0.29) is 0 Å². The Morgan fingerprint density at radius 2 is 0.967 bits per heavy atom. The van der Waals surface area contributed by atoms with Gasteiger partial charge in [-0.2, -0.15) is 0 Å². The standard InChI is InChI=1S/C57H41N3/c1-3-4-30-47-39(2)58(45-28-19-29-46(38-45)59-52-32-18-17-31-48(52)51-37-43(33-36-53(51)59)40-20-9-5-10-21-40)56-49(47)34-35-50-54(41-22-11-6-12-23-41)55(42-24-13-7-14-25-42)60(57(50)56)44-26-15-8-16-27-44/h3-38H,1H2,2H3/b30-4-. The summed E-state index contributed by atoms with van der Waals surface area (Å²) >= 11 is 0. The molecule has 0 spiro atoms. The van der Waals surface area contributed by atoms with Gasteiger partial charge in [-0.3, -0.25) is 0 Å². The molecule has 0 aliphatic heterocycles. The van der Waals surface area contributed by atoms with Crippen LogP contribution < -0.4 is 0 Å². The van der Waals surface area contributed by atoms with Crippen LogP contribution in [0.4, 0.5) is 0 Å². The van der Waals surface area contributed by atoms with Crippen LogP contribution in [0.25, 0.3) is 100 Å². The van der Waals surface area contributed by atoms with Crippen LogP contribution in [-0.2, 0) is 0 Å². The smallest absolute Gasteiger partial charge is 0.0789 e.